The minimum atomic E-state index is -4.45. The Bertz CT molecular complexity index is 1950. The molecule has 4 amide bonds. The molecule has 0 radical (unpaired) electrons. The van der Waals surface area contributed by atoms with Gasteiger partial charge < -0.3 is 0 Å². The van der Waals surface area contributed by atoms with Crippen LogP contribution in [0.25, 0.3) is 22.9 Å². The van der Waals surface area contributed by atoms with Crippen LogP contribution < -0.4 is 15.3 Å². The summed E-state index contributed by atoms with van der Waals surface area (Å²) in [5, 5.41) is 0.0253. The van der Waals surface area contributed by atoms with E-state index in [1.54, 1.807) is 25.1 Å². The van der Waals surface area contributed by atoms with Crippen LogP contribution in [0.2, 0.25) is 0 Å². The van der Waals surface area contributed by atoms with Gasteiger partial charge in [0.25, 0.3) is 33.7 Å². The lowest BCUT2D eigenvalue weighted by atomic mass is 9.86. The van der Waals surface area contributed by atoms with Crippen molar-refractivity contribution >= 4 is 62.4 Å². The zero-order valence-electron chi connectivity index (χ0n) is 20.8. The topological polar surface area (TPSA) is 129 Å². The molecular formula is C29H20N2O7S. The van der Waals surface area contributed by atoms with E-state index in [1.165, 1.54) is 49.5 Å². The second kappa shape index (κ2) is 8.16. The molecule has 9 nitrogen and oxygen atoms in total. The second-order valence-corrected chi connectivity index (χ2v) is 11.2. The van der Waals surface area contributed by atoms with E-state index in [4.69, 9.17) is 0 Å². The molecule has 0 aromatic heterocycles. The monoisotopic (exact) mass is 540 g/mol. The van der Waals surface area contributed by atoms with Gasteiger partial charge in [-0.2, -0.15) is 8.42 Å². The third kappa shape index (κ3) is 3.45. The SMILES string of the molecule is C=c1cc(N2C(=O)c3ccc4c5c(ccc(c35)C2=O)C(=O)N(C)C4=O)ccc1=C1C=CC(C)=CC1S(=O)(=O)O. The molecule has 6 rings (SSSR count). The Balaban J connectivity index is 1.51. The van der Waals surface area contributed by atoms with Gasteiger partial charge in [0.15, 0.2) is 0 Å². The van der Waals surface area contributed by atoms with Gasteiger partial charge in [-0.25, -0.2) is 4.90 Å². The maximum Gasteiger partial charge on any atom is 0.275 e. The number of hydrogen-bond donors (Lipinski definition) is 1. The summed E-state index contributed by atoms with van der Waals surface area (Å²) >= 11 is 0. The van der Waals surface area contributed by atoms with Gasteiger partial charge in [0, 0.05) is 40.1 Å². The Hall–Kier alpha value is -4.67. The molecule has 1 N–H and O–H groups in total. The molecule has 194 valence electrons. The van der Waals surface area contributed by atoms with Crippen molar-refractivity contribution in [3.8, 4) is 0 Å². The van der Waals surface area contributed by atoms with Crippen molar-refractivity contribution in [1.82, 2.24) is 4.90 Å². The third-order valence-electron chi connectivity index (χ3n) is 7.32. The van der Waals surface area contributed by atoms with Gasteiger partial charge in [-0.05, 0) is 59.3 Å². The molecule has 3 aromatic carbocycles. The number of rotatable bonds is 2. The van der Waals surface area contributed by atoms with E-state index in [-0.39, 0.29) is 38.7 Å². The van der Waals surface area contributed by atoms with E-state index < -0.39 is 39.0 Å². The predicted octanol–water partition coefficient (Wildman–Crippen LogP) is 2.20. The van der Waals surface area contributed by atoms with Gasteiger partial charge in [-0.1, -0.05) is 36.4 Å². The van der Waals surface area contributed by atoms with Crippen LogP contribution in [0, 0.1) is 0 Å². The number of hydrogen-bond acceptors (Lipinski definition) is 6. The molecule has 0 saturated carbocycles. The quantitative estimate of drug-likeness (QED) is 0.390. The number of nitrogens with zero attached hydrogens (tertiary/aromatic N) is 2. The summed E-state index contributed by atoms with van der Waals surface area (Å²) < 4.78 is 33.9. The van der Waals surface area contributed by atoms with Crippen LogP contribution in [0.3, 0.4) is 0 Å². The molecule has 10 heteroatoms. The van der Waals surface area contributed by atoms with Gasteiger partial charge in [0.2, 0.25) is 0 Å². The van der Waals surface area contributed by atoms with Crippen LogP contribution in [0.1, 0.15) is 48.4 Å². The summed E-state index contributed by atoms with van der Waals surface area (Å²) in [6.45, 7) is 5.72. The van der Waals surface area contributed by atoms with E-state index in [0.29, 0.717) is 21.6 Å². The Labute approximate surface area is 222 Å². The van der Waals surface area contributed by atoms with E-state index in [2.05, 4.69) is 6.58 Å². The minimum absolute atomic E-state index is 0.168. The average molecular weight is 541 g/mol. The molecule has 1 atom stereocenters. The van der Waals surface area contributed by atoms with Crippen LogP contribution in [-0.4, -0.2) is 53.8 Å². The highest BCUT2D eigenvalue weighted by Gasteiger charge is 2.39. The number of carbonyl (C=O) groups is 4. The fraction of sp³-hybridized carbons (Fsp3) is 0.103. The average Bonchev–Trinajstić information content (AvgIpc) is 2.89. The number of anilines is 1. The summed E-state index contributed by atoms with van der Waals surface area (Å²) in [6.07, 6.45) is 4.73. The Kier molecular flexibility index (Phi) is 5.16. The Morgan fingerprint density at radius 2 is 1.31 bits per heavy atom. The molecule has 3 aromatic rings. The van der Waals surface area contributed by atoms with Crippen LogP contribution in [0.4, 0.5) is 5.69 Å². The van der Waals surface area contributed by atoms with Crippen LogP contribution >= 0.6 is 0 Å². The summed E-state index contributed by atoms with van der Waals surface area (Å²) in [4.78, 5) is 54.8. The first-order valence-electron chi connectivity index (χ1n) is 11.9. The molecule has 3 aliphatic rings. The minimum Gasteiger partial charge on any atom is -0.285 e. The molecule has 1 aliphatic carbocycles. The Morgan fingerprint density at radius 1 is 0.795 bits per heavy atom. The zero-order chi connectivity index (χ0) is 28.0. The zero-order valence-corrected chi connectivity index (χ0v) is 21.6. The van der Waals surface area contributed by atoms with Crippen molar-refractivity contribution in [1.29, 1.82) is 0 Å². The van der Waals surface area contributed by atoms with Crippen molar-refractivity contribution in [2.75, 3.05) is 11.9 Å². The molecule has 0 saturated heterocycles. The number of benzene rings is 3. The molecular weight excluding hydrogens is 520 g/mol. The standard InChI is InChI=1S/C29H20N2O7S/c1-14-4-6-18(23(12-14)39(36,37)38)17-7-5-16(13-15(17)2)31-28(34)21-10-8-19-24-20(27(33)30(3)26(19)32)9-11-22(25(21)24)29(31)35/h4-13,23H,2H2,1,3H3,(H,36,37,38). The summed E-state index contributed by atoms with van der Waals surface area (Å²) in [7, 11) is -3.08. The molecule has 1 unspecified atom stereocenters. The number of imide groups is 2. The fourth-order valence-electron chi connectivity index (χ4n) is 5.42. The van der Waals surface area contributed by atoms with Gasteiger partial charge >= 0.3 is 0 Å². The molecule has 0 fully saturated rings. The smallest absolute Gasteiger partial charge is 0.275 e. The maximum atomic E-state index is 13.7. The largest absolute Gasteiger partial charge is 0.285 e. The van der Waals surface area contributed by atoms with E-state index in [9.17, 15) is 32.1 Å². The highest BCUT2D eigenvalue weighted by atomic mass is 32.2. The lowest BCUT2D eigenvalue weighted by Crippen LogP contribution is -2.43. The van der Waals surface area contributed by atoms with Crippen LogP contribution in [0.5, 0.6) is 0 Å². The molecule has 2 aliphatic heterocycles. The first-order chi connectivity index (χ1) is 18.4. The lowest BCUT2D eigenvalue weighted by Gasteiger charge is -2.30. The maximum absolute atomic E-state index is 13.7. The summed E-state index contributed by atoms with van der Waals surface area (Å²) in [6, 6.07) is 10.5. The number of carbonyl (C=O) groups excluding carboxylic acids is 4. The lowest BCUT2D eigenvalue weighted by molar-refractivity contribution is 0.0649. The van der Waals surface area contributed by atoms with Gasteiger partial charge in [0.05, 0.1) is 5.69 Å². The van der Waals surface area contributed by atoms with E-state index >= 15 is 0 Å². The van der Waals surface area contributed by atoms with Gasteiger partial charge in [0.1, 0.15) is 5.25 Å². The molecule has 2 heterocycles. The predicted molar refractivity (Wildman–Crippen MR) is 144 cm³/mol. The van der Waals surface area contributed by atoms with Gasteiger partial charge in [-0.15, -0.1) is 0 Å². The first kappa shape index (κ1) is 24.7. The molecule has 0 bridgehead atoms. The Morgan fingerprint density at radius 3 is 1.79 bits per heavy atom. The van der Waals surface area contributed by atoms with Gasteiger partial charge in [-0.3, -0.25) is 28.6 Å². The number of allylic oxidation sites excluding steroid dienone is 3. The van der Waals surface area contributed by atoms with E-state index in [1.807, 2.05) is 0 Å². The van der Waals surface area contributed by atoms with Crippen molar-refractivity contribution in [2.24, 2.45) is 0 Å². The van der Waals surface area contributed by atoms with E-state index in [0.717, 1.165) is 9.80 Å². The first-order valence-corrected chi connectivity index (χ1v) is 13.4. The number of amides is 4. The fourth-order valence-corrected chi connectivity index (χ4v) is 6.33. The van der Waals surface area contributed by atoms with Crippen molar-refractivity contribution in [3.63, 3.8) is 0 Å². The van der Waals surface area contributed by atoms with Crippen molar-refractivity contribution in [2.45, 2.75) is 12.2 Å². The molecule has 0 spiro atoms. The van der Waals surface area contributed by atoms with Crippen molar-refractivity contribution in [3.05, 3.63) is 99.0 Å². The van der Waals surface area contributed by atoms with Crippen LogP contribution in [0.15, 0.2) is 66.3 Å². The highest BCUT2D eigenvalue weighted by Crippen LogP contribution is 2.38. The highest BCUT2D eigenvalue weighted by molar-refractivity contribution is 7.87. The second-order valence-electron chi connectivity index (χ2n) is 9.66. The van der Waals surface area contributed by atoms with Crippen LogP contribution in [-0.2, 0) is 10.1 Å². The molecule has 39 heavy (non-hydrogen) atoms. The normalized spacial score (nSPS) is 20.2. The van der Waals surface area contributed by atoms with Crippen molar-refractivity contribution < 1.29 is 32.1 Å². The summed E-state index contributed by atoms with van der Waals surface area (Å²) in [5.41, 5.74) is 1.99. The summed E-state index contributed by atoms with van der Waals surface area (Å²) in [5.74, 6) is -2.31. The third-order valence-corrected chi connectivity index (χ3v) is 8.36.